The molecular formula is C15H32N4O. The number of urea groups is 1. The largest absolute Gasteiger partial charge is 0.338 e. The minimum absolute atomic E-state index is 0.114. The molecule has 0 aromatic carbocycles. The minimum atomic E-state index is 0.114. The van der Waals surface area contributed by atoms with E-state index in [1.54, 1.807) is 0 Å². The molecule has 5 heteroatoms. The van der Waals surface area contributed by atoms with Crippen molar-refractivity contribution >= 4 is 6.03 Å². The maximum absolute atomic E-state index is 12.0. The van der Waals surface area contributed by atoms with E-state index in [0.29, 0.717) is 0 Å². The zero-order valence-corrected chi connectivity index (χ0v) is 13.1. The van der Waals surface area contributed by atoms with Crippen LogP contribution in [-0.4, -0.2) is 61.6 Å². The van der Waals surface area contributed by atoms with Crippen LogP contribution < -0.4 is 11.1 Å². The lowest BCUT2D eigenvalue weighted by Crippen LogP contribution is -2.42. The topological polar surface area (TPSA) is 61.6 Å². The Kier molecular flexibility index (Phi) is 9.41. The number of nitrogens with zero attached hydrogens (tertiary/aromatic N) is 2. The molecule has 0 bridgehead atoms. The second-order valence-electron chi connectivity index (χ2n) is 5.62. The van der Waals surface area contributed by atoms with Crippen molar-refractivity contribution in [1.82, 2.24) is 15.1 Å². The molecule has 20 heavy (non-hydrogen) atoms. The zero-order chi connectivity index (χ0) is 14.6. The molecule has 0 spiro atoms. The molecule has 1 heterocycles. The second-order valence-corrected chi connectivity index (χ2v) is 5.62. The van der Waals surface area contributed by atoms with Crippen LogP contribution in [0.3, 0.4) is 0 Å². The van der Waals surface area contributed by atoms with Gasteiger partial charge >= 0.3 is 6.03 Å². The molecule has 0 saturated carbocycles. The van der Waals surface area contributed by atoms with Gasteiger partial charge in [-0.05, 0) is 45.3 Å². The van der Waals surface area contributed by atoms with Gasteiger partial charge in [-0.25, -0.2) is 4.79 Å². The van der Waals surface area contributed by atoms with Crippen molar-refractivity contribution in [2.45, 2.75) is 45.4 Å². The molecule has 0 radical (unpaired) electrons. The molecule has 0 atom stereocenters. The minimum Gasteiger partial charge on any atom is -0.338 e. The van der Waals surface area contributed by atoms with Gasteiger partial charge in [0.1, 0.15) is 0 Å². The summed E-state index contributed by atoms with van der Waals surface area (Å²) >= 11 is 0. The van der Waals surface area contributed by atoms with Gasteiger partial charge in [-0.15, -0.1) is 0 Å². The van der Waals surface area contributed by atoms with Crippen LogP contribution in [-0.2, 0) is 0 Å². The number of nitrogens with two attached hydrogens (primary N) is 1. The van der Waals surface area contributed by atoms with Gasteiger partial charge < -0.3 is 20.9 Å². The van der Waals surface area contributed by atoms with E-state index in [4.69, 9.17) is 5.73 Å². The molecule has 0 aromatic rings. The molecule has 0 unspecified atom stereocenters. The fourth-order valence-corrected chi connectivity index (χ4v) is 2.54. The van der Waals surface area contributed by atoms with Gasteiger partial charge in [0.25, 0.3) is 0 Å². The zero-order valence-electron chi connectivity index (χ0n) is 13.1. The normalized spacial score (nSPS) is 17.0. The summed E-state index contributed by atoms with van der Waals surface area (Å²) in [6.45, 7) is 8.74. The van der Waals surface area contributed by atoms with Gasteiger partial charge in [-0.1, -0.05) is 19.8 Å². The number of rotatable bonds is 8. The molecule has 3 N–H and O–H groups in total. The Labute approximate surface area is 123 Å². The number of carbonyl (C=O) groups excluding carboxylic acids is 1. The van der Waals surface area contributed by atoms with Gasteiger partial charge in [0.2, 0.25) is 0 Å². The Balaban J connectivity index is 2.19. The van der Waals surface area contributed by atoms with Crippen molar-refractivity contribution in [2.24, 2.45) is 5.73 Å². The van der Waals surface area contributed by atoms with Crippen LogP contribution in [0.25, 0.3) is 0 Å². The van der Waals surface area contributed by atoms with Crippen molar-refractivity contribution < 1.29 is 4.79 Å². The molecule has 0 aliphatic carbocycles. The van der Waals surface area contributed by atoms with E-state index in [0.717, 1.165) is 71.5 Å². The molecule has 5 nitrogen and oxygen atoms in total. The molecule has 0 aromatic heterocycles. The molecular weight excluding hydrogens is 252 g/mol. The van der Waals surface area contributed by atoms with E-state index in [1.807, 2.05) is 4.90 Å². The van der Waals surface area contributed by atoms with E-state index in [2.05, 4.69) is 17.1 Å². The van der Waals surface area contributed by atoms with Gasteiger partial charge in [-0.2, -0.15) is 0 Å². The lowest BCUT2D eigenvalue weighted by atomic mass is 10.2. The second kappa shape index (κ2) is 10.9. The molecule has 1 rings (SSSR count). The van der Waals surface area contributed by atoms with Crippen molar-refractivity contribution in [2.75, 3.05) is 45.8 Å². The predicted molar refractivity (Wildman–Crippen MR) is 83.8 cm³/mol. The third-order valence-electron chi connectivity index (χ3n) is 3.86. The van der Waals surface area contributed by atoms with E-state index >= 15 is 0 Å². The van der Waals surface area contributed by atoms with Crippen LogP contribution in [0.1, 0.15) is 45.4 Å². The Morgan fingerprint density at radius 2 is 1.95 bits per heavy atom. The van der Waals surface area contributed by atoms with E-state index in [-0.39, 0.29) is 6.03 Å². The van der Waals surface area contributed by atoms with E-state index in [9.17, 15) is 4.79 Å². The van der Waals surface area contributed by atoms with E-state index < -0.39 is 0 Å². The summed E-state index contributed by atoms with van der Waals surface area (Å²) in [6.07, 6.45) is 6.83. The van der Waals surface area contributed by atoms with Crippen molar-refractivity contribution in [3.63, 3.8) is 0 Å². The molecule has 1 saturated heterocycles. The molecule has 2 amide bonds. The van der Waals surface area contributed by atoms with Crippen LogP contribution in [0.2, 0.25) is 0 Å². The summed E-state index contributed by atoms with van der Waals surface area (Å²) in [6, 6.07) is 0.114. The highest BCUT2D eigenvalue weighted by Gasteiger charge is 2.18. The first-order valence-electron chi connectivity index (χ1n) is 8.23. The summed E-state index contributed by atoms with van der Waals surface area (Å²) in [7, 11) is 0. The Bertz CT molecular complexity index is 260. The molecule has 1 fully saturated rings. The summed E-state index contributed by atoms with van der Waals surface area (Å²) in [5.74, 6) is 0. The Morgan fingerprint density at radius 1 is 1.10 bits per heavy atom. The third kappa shape index (κ3) is 7.10. The van der Waals surface area contributed by atoms with Gasteiger partial charge in [0, 0.05) is 26.2 Å². The third-order valence-corrected chi connectivity index (χ3v) is 3.86. The number of hydrogen-bond donors (Lipinski definition) is 2. The van der Waals surface area contributed by atoms with Crippen molar-refractivity contribution in [1.29, 1.82) is 0 Å². The lowest BCUT2D eigenvalue weighted by Gasteiger charge is -2.22. The number of unbranched alkanes of at least 4 members (excludes halogenated alkanes) is 3. The standard InChI is InChI=1S/C15H32N4O/c1-2-3-9-17-15(20)19-12-7-11-18(13-14-19)10-6-4-5-8-16/h2-14,16H2,1H3,(H,17,20). The highest BCUT2D eigenvalue weighted by Crippen LogP contribution is 2.06. The van der Waals surface area contributed by atoms with Gasteiger partial charge in [0.05, 0.1) is 0 Å². The smallest absolute Gasteiger partial charge is 0.317 e. The number of nitrogens with one attached hydrogen (secondary N) is 1. The van der Waals surface area contributed by atoms with Crippen LogP contribution in [0, 0.1) is 0 Å². The van der Waals surface area contributed by atoms with Crippen molar-refractivity contribution in [3.05, 3.63) is 0 Å². The lowest BCUT2D eigenvalue weighted by molar-refractivity contribution is 0.198. The highest BCUT2D eigenvalue weighted by atomic mass is 16.2. The van der Waals surface area contributed by atoms with Gasteiger partial charge in [0.15, 0.2) is 0 Å². The Hall–Kier alpha value is -0.810. The Morgan fingerprint density at radius 3 is 2.70 bits per heavy atom. The predicted octanol–water partition coefficient (Wildman–Crippen LogP) is 1.63. The average molecular weight is 284 g/mol. The monoisotopic (exact) mass is 284 g/mol. The SMILES string of the molecule is CCCCNC(=O)N1CCCN(CCCCCN)CC1. The van der Waals surface area contributed by atoms with Gasteiger partial charge in [-0.3, -0.25) is 0 Å². The first-order valence-corrected chi connectivity index (χ1v) is 8.23. The maximum Gasteiger partial charge on any atom is 0.317 e. The molecule has 118 valence electrons. The maximum atomic E-state index is 12.0. The number of amides is 2. The number of carbonyl (C=O) groups is 1. The van der Waals surface area contributed by atoms with Crippen LogP contribution in [0.5, 0.6) is 0 Å². The van der Waals surface area contributed by atoms with Crippen molar-refractivity contribution in [3.8, 4) is 0 Å². The fourth-order valence-electron chi connectivity index (χ4n) is 2.54. The first-order chi connectivity index (χ1) is 9.77. The summed E-state index contributed by atoms with van der Waals surface area (Å²) in [5, 5.41) is 3.01. The van der Waals surface area contributed by atoms with Crippen LogP contribution in [0.15, 0.2) is 0 Å². The first kappa shape index (κ1) is 17.2. The summed E-state index contributed by atoms with van der Waals surface area (Å²) in [5.41, 5.74) is 5.51. The average Bonchev–Trinajstić information content (AvgIpc) is 2.69. The van der Waals surface area contributed by atoms with Crippen LogP contribution in [0.4, 0.5) is 4.79 Å². The quantitative estimate of drug-likeness (QED) is 0.666. The summed E-state index contributed by atoms with van der Waals surface area (Å²) in [4.78, 5) is 16.5. The fraction of sp³-hybridized carbons (Fsp3) is 0.933. The molecule has 1 aliphatic heterocycles. The van der Waals surface area contributed by atoms with Crippen LogP contribution >= 0.6 is 0 Å². The molecule has 1 aliphatic rings. The highest BCUT2D eigenvalue weighted by molar-refractivity contribution is 5.74. The summed E-state index contributed by atoms with van der Waals surface area (Å²) < 4.78 is 0. The number of hydrogen-bond acceptors (Lipinski definition) is 3. The van der Waals surface area contributed by atoms with E-state index in [1.165, 1.54) is 12.8 Å².